The van der Waals surface area contributed by atoms with Crippen molar-refractivity contribution in [3.63, 3.8) is 0 Å². The van der Waals surface area contributed by atoms with Gasteiger partial charge < -0.3 is 4.74 Å². The van der Waals surface area contributed by atoms with E-state index in [0.29, 0.717) is 4.53 Å². The van der Waals surface area contributed by atoms with Crippen LogP contribution in [0.3, 0.4) is 0 Å². The molecule has 1 aliphatic heterocycles. The summed E-state index contributed by atoms with van der Waals surface area (Å²) in [5.74, 6) is 0.795. The van der Waals surface area contributed by atoms with Crippen LogP contribution in [0.15, 0.2) is 112 Å². The molecule has 1 atom stereocenters. The first-order chi connectivity index (χ1) is 17.7. The summed E-state index contributed by atoms with van der Waals surface area (Å²) in [6, 6.07) is 28.4. The van der Waals surface area contributed by atoms with Crippen LogP contribution in [0.4, 0.5) is 0 Å². The molecule has 0 saturated carbocycles. The normalized spacial score (nSPS) is 18.5. The molecule has 0 radical (unpaired) electrons. The van der Waals surface area contributed by atoms with E-state index in [-0.39, 0.29) is 11.6 Å². The van der Waals surface area contributed by atoms with Crippen molar-refractivity contribution in [3.8, 4) is 5.75 Å². The molecule has 6 rings (SSSR count). The van der Waals surface area contributed by atoms with Crippen LogP contribution in [-0.4, -0.2) is 11.7 Å². The van der Waals surface area contributed by atoms with Gasteiger partial charge in [0.2, 0.25) is 0 Å². The Morgan fingerprint density at radius 2 is 1.58 bits per heavy atom. The fourth-order valence-corrected chi connectivity index (χ4v) is 6.10. The number of hydrogen-bond acceptors (Lipinski definition) is 4. The molecule has 5 heteroatoms. The van der Waals surface area contributed by atoms with Gasteiger partial charge >= 0.3 is 0 Å². The number of allylic oxidation sites excluding steroid dienone is 2. The Hall–Kier alpha value is -3.96. The Kier molecular flexibility index (Phi) is 5.99. The van der Waals surface area contributed by atoms with E-state index in [2.05, 4.69) is 42.5 Å². The Labute approximate surface area is 213 Å². The lowest BCUT2D eigenvalue weighted by atomic mass is 9.84. The number of nitrogens with zero attached hydrogens (tertiary/aromatic N) is 2. The number of rotatable bonds is 4. The summed E-state index contributed by atoms with van der Waals surface area (Å²) in [5.41, 5.74) is 6.80. The standard InChI is InChI=1S/C31H26N2O2S/c1-35-25-17-15-22(16-18-25)20-27-30(34)33-29(23-11-6-3-7-12-23)26-14-8-13-24(28(26)32-31(33)36-27)19-21-9-4-2-5-10-21/h2-7,9-12,15-20,29H,8,13-14H2,1H3/b24-19+,27-20+/t29-/m0/s1. The van der Waals surface area contributed by atoms with Crippen molar-refractivity contribution in [2.75, 3.05) is 7.11 Å². The van der Waals surface area contributed by atoms with Crippen molar-refractivity contribution < 1.29 is 4.74 Å². The summed E-state index contributed by atoms with van der Waals surface area (Å²) in [5, 5.41) is 0. The first-order valence-electron chi connectivity index (χ1n) is 12.2. The minimum atomic E-state index is -0.144. The van der Waals surface area contributed by atoms with E-state index in [0.717, 1.165) is 46.6 Å². The second-order valence-corrected chi connectivity index (χ2v) is 10.1. The van der Waals surface area contributed by atoms with Crippen LogP contribution >= 0.6 is 11.3 Å². The first kappa shape index (κ1) is 22.5. The highest BCUT2D eigenvalue weighted by Gasteiger charge is 2.32. The third kappa shape index (κ3) is 4.16. The Bertz CT molecular complexity index is 1640. The highest BCUT2D eigenvalue weighted by Crippen LogP contribution is 2.40. The molecule has 2 heterocycles. The number of methoxy groups -OCH3 is 1. The number of ether oxygens (including phenoxy) is 1. The summed E-state index contributed by atoms with van der Waals surface area (Å²) in [4.78, 5) is 19.7. The number of fused-ring (bicyclic) bond motifs is 1. The largest absolute Gasteiger partial charge is 0.497 e. The lowest BCUT2D eigenvalue weighted by Gasteiger charge is -2.31. The molecule has 0 saturated heterocycles. The van der Waals surface area contributed by atoms with E-state index in [4.69, 9.17) is 9.73 Å². The van der Waals surface area contributed by atoms with Gasteiger partial charge in [0, 0.05) is 0 Å². The van der Waals surface area contributed by atoms with Gasteiger partial charge in [0.05, 0.1) is 23.4 Å². The maximum atomic E-state index is 13.8. The number of thiazole rings is 1. The van der Waals surface area contributed by atoms with Crippen LogP contribution in [0, 0.1) is 0 Å². The molecule has 36 heavy (non-hydrogen) atoms. The zero-order valence-electron chi connectivity index (χ0n) is 20.1. The van der Waals surface area contributed by atoms with Gasteiger partial charge in [-0.2, -0.15) is 0 Å². The molecule has 0 spiro atoms. The molecule has 2 aliphatic rings. The van der Waals surface area contributed by atoms with E-state index >= 15 is 0 Å². The van der Waals surface area contributed by atoms with Crippen molar-refractivity contribution in [3.05, 3.63) is 138 Å². The molecule has 4 aromatic rings. The van der Waals surface area contributed by atoms with Crippen molar-refractivity contribution in [2.24, 2.45) is 4.99 Å². The maximum Gasteiger partial charge on any atom is 0.271 e. The summed E-state index contributed by atoms with van der Waals surface area (Å²) >= 11 is 1.46. The van der Waals surface area contributed by atoms with E-state index < -0.39 is 0 Å². The van der Waals surface area contributed by atoms with E-state index in [1.54, 1.807) is 7.11 Å². The van der Waals surface area contributed by atoms with E-state index in [9.17, 15) is 4.79 Å². The molecule has 0 bridgehead atoms. The Morgan fingerprint density at radius 1 is 0.889 bits per heavy atom. The molecular weight excluding hydrogens is 464 g/mol. The molecule has 4 nitrogen and oxygen atoms in total. The number of hydrogen-bond donors (Lipinski definition) is 0. The minimum absolute atomic E-state index is 0.00846. The maximum absolute atomic E-state index is 13.8. The zero-order chi connectivity index (χ0) is 24.5. The Morgan fingerprint density at radius 3 is 2.31 bits per heavy atom. The molecule has 0 N–H and O–H groups in total. The van der Waals surface area contributed by atoms with E-state index in [1.807, 2.05) is 59.2 Å². The van der Waals surface area contributed by atoms with Crippen LogP contribution in [0.2, 0.25) is 0 Å². The summed E-state index contributed by atoms with van der Waals surface area (Å²) < 4.78 is 7.87. The smallest absolute Gasteiger partial charge is 0.271 e. The topological polar surface area (TPSA) is 43.6 Å². The van der Waals surface area contributed by atoms with Gasteiger partial charge in [-0.25, -0.2) is 4.99 Å². The van der Waals surface area contributed by atoms with Crippen LogP contribution in [-0.2, 0) is 0 Å². The van der Waals surface area contributed by atoms with Gasteiger partial charge in [0.25, 0.3) is 5.56 Å². The van der Waals surface area contributed by atoms with Crippen LogP contribution in [0.5, 0.6) is 5.75 Å². The average molecular weight is 491 g/mol. The van der Waals surface area contributed by atoms with Crippen molar-refractivity contribution in [1.82, 2.24) is 4.57 Å². The molecule has 0 amide bonds. The first-order valence-corrected chi connectivity index (χ1v) is 13.0. The quantitative estimate of drug-likeness (QED) is 0.380. The second-order valence-electron chi connectivity index (χ2n) is 9.07. The van der Waals surface area contributed by atoms with Gasteiger partial charge in [0.1, 0.15) is 5.75 Å². The predicted octanol–water partition coefficient (Wildman–Crippen LogP) is 5.49. The van der Waals surface area contributed by atoms with Crippen LogP contribution < -0.4 is 19.6 Å². The zero-order valence-corrected chi connectivity index (χ0v) is 20.9. The average Bonchev–Trinajstić information content (AvgIpc) is 3.23. The predicted molar refractivity (Wildman–Crippen MR) is 146 cm³/mol. The lowest BCUT2D eigenvalue weighted by Crippen LogP contribution is -2.39. The summed E-state index contributed by atoms with van der Waals surface area (Å²) in [7, 11) is 1.65. The minimum Gasteiger partial charge on any atom is -0.497 e. The number of aromatic nitrogens is 1. The van der Waals surface area contributed by atoms with E-state index in [1.165, 1.54) is 28.0 Å². The van der Waals surface area contributed by atoms with Crippen LogP contribution in [0.25, 0.3) is 12.2 Å². The van der Waals surface area contributed by atoms with Gasteiger partial charge in [0.15, 0.2) is 4.80 Å². The van der Waals surface area contributed by atoms with Crippen molar-refractivity contribution in [2.45, 2.75) is 25.3 Å². The highest BCUT2D eigenvalue weighted by atomic mass is 32.1. The Balaban J connectivity index is 1.55. The highest BCUT2D eigenvalue weighted by molar-refractivity contribution is 7.07. The number of benzene rings is 3. The monoisotopic (exact) mass is 490 g/mol. The third-order valence-electron chi connectivity index (χ3n) is 6.80. The third-order valence-corrected chi connectivity index (χ3v) is 7.79. The lowest BCUT2D eigenvalue weighted by molar-refractivity contribution is 0.415. The molecule has 1 aliphatic carbocycles. The summed E-state index contributed by atoms with van der Waals surface area (Å²) in [6.07, 6.45) is 7.18. The molecule has 178 valence electrons. The molecular formula is C31H26N2O2S. The summed E-state index contributed by atoms with van der Waals surface area (Å²) in [6.45, 7) is 0. The SMILES string of the molecule is COc1ccc(/C=c2/sc3n(c2=O)[C@@H](c2ccccc2)C2=C(N=3)/C(=C/c3ccccc3)CCC2)cc1. The molecule has 1 aromatic heterocycles. The fraction of sp³-hybridized carbons (Fsp3) is 0.161. The molecule has 0 fully saturated rings. The van der Waals surface area contributed by atoms with Gasteiger partial charge in [-0.3, -0.25) is 9.36 Å². The van der Waals surface area contributed by atoms with Gasteiger partial charge in [-0.1, -0.05) is 84.1 Å². The fourth-order valence-electron chi connectivity index (χ4n) is 5.09. The van der Waals surface area contributed by atoms with Crippen molar-refractivity contribution in [1.29, 1.82) is 0 Å². The van der Waals surface area contributed by atoms with Crippen LogP contribution in [0.1, 0.15) is 42.0 Å². The van der Waals surface area contributed by atoms with Gasteiger partial charge in [-0.15, -0.1) is 0 Å². The molecule has 0 unspecified atom stereocenters. The van der Waals surface area contributed by atoms with Crippen molar-refractivity contribution >= 4 is 23.5 Å². The van der Waals surface area contributed by atoms with Gasteiger partial charge in [-0.05, 0) is 71.4 Å². The second kappa shape index (κ2) is 9.59. The molecule has 3 aromatic carbocycles.